The van der Waals surface area contributed by atoms with E-state index in [2.05, 4.69) is 24.3 Å². The first-order valence-corrected chi connectivity index (χ1v) is 6.50. The highest BCUT2D eigenvalue weighted by atomic mass is 16.5. The van der Waals surface area contributed by atoms with Crippen molar-refractivity contribution in [3.8, 4) is 5.75 Å². The molecule has 0 radical (unpaired) electrons. The van der Waals surface area contributed by atoms with Crippen molar-refractivity contribution in [2.45, 2.75) is 6.42 Å². The van der Waals surface area contributed by atoms with Crippen molar-refractivity contribution in [2.24, 2.45) is 0 Å². The number of fused-ring (bicyclic) bond motifs is 2. The summed E-state index contributed by atoms with van der Waals surface area (Å²) in [5.41, 5.74) is 0. The number of aliphatic carboxylic acids is 1. The van der Waals surface area contributed by atoms with Crippen LogP contribution in [0.5, 0.6) is 5.75 Å². The van der Waals surface area contributed by atoms with E-state index < -0.39 is 5.97 Å². The number of carbonyl (C=O) groups is 1. The topological polar surface area (TPSA) is 46.5 Å². The lowest BCUT2D eigenvalue weighted by Gasteiger charge is -2.09. The maximum absolute atomic E-state index is 10.5. The van der Waals surface area contributed by atoms with Gasteiger partial charge in [0, 0.05) is 5.39 Å². The molecule has 0 aromatic heterocycles. The summed E-state index contributed by atoms with van der Waals surface area (Å²) >= 11 is 0. The molecule has 1 N–H and O–H groups in total. The van der Waals surface area contributed by atoms with E-state index in [4.69, 9.17) is 9.84 Å². The average molecular weight is 266 g/mol. The molecule has 100 valence electrons. The first-order chi connectivity index (χ1) is 9.74. The first kappa shape index (κ1) is 12.5. The van der Waals surface area contributed by atoms with Gasteiger partial charge in [-0.3, -0.25) is 4.79 Å². The third-order valence-corrected chi connectivity index (χ3v) is 3.28. The molecule has 0 aliphatic rings. The van der Waals surface area contributed by atoms with Crippen LogP contribution in [0.2, 0.25) is 0 Å². The van der Waals surface area contributed by atoms with Crippen LogP contribution < -0.4 is 4.74 Å². The maximum atomic E-state index is 10.5. The van der Waals surface area contributed by atoms with Crippen molar-refractivity contribution in [1.29, 1.82) is 0 Å². The fourth-order valence-corrected chi connectivity index (χ4v) is 2.31. The third kappa shape index (κ3) is 2.43. The highest BCUT2D eigenvalue weighted by molar-refractivity contribution is 6.00. The van der Waals surface area contributed by atoms with Crippen molar-refractivity contribution in [3.63, 3.8) is 0 Å². The predicted octanol–water partition coefficient (Wildman–Crippen LogP) is 3.85. The summed E-state index contributed by atoms with van der Waals surface area (Å²) in [6.07, 6.45) is 0.00394. The fraction of sp³-hybridized carbons (Fsp3) is 0.118. The van der Waals surface area contributed by atoms with Crippen LogP contribution in [0.3, 0.4) is 0 Å². The first-order valence-electron chi connectivity index (χ1n) is 6.50. The molecule has 0 saturated carbocycles. The minimum atomic E-state index is -0.851. The van der Waals surface area contributed by atoms with Crippen molar-refractivity contribution in [1.82, 2.24) is 0 Å². The molecule has 0 aliphatic carbocycles. The largest absolute Gasteiger partial charge is 0.492 e. The third-order valence-electron chi connectivity index (χ3n) is 3.28. The molecule has 0 amide bonds. The number of benzene rings is 3. The quantitative estimate of drug-likeness (QED) is 0.730. The summed E-state index contributed by atoms with van der Waals surface area (Å²) in [7, 11) is 0. The van der Waals surface area contributed by atoms with Gasteiger partial charge in [0.15, 0.2) is 0 Å². The van der Waals surface area contributed by atoms with E-state index in [1.54, 1.807) is 0 Å². The zero-order valence-electron chi connectivity index (χ0n) is 10.9. The van der Waals surface area contributed by atoms with Crippen LogP contribution >= 0.6 is 0 Å². The van der Waals surface area contributed by atoms with Crippen molar-refractivity contribution < 1.29 is 14.6 Å². The summed E-state index contributed by atoms with van der Waals surface area (Å²) in [6, 6.07) is 18.2. The zero-order chi connectivity index (χ0) is 13.9. The number of hydrogen-bond donors (Lipinski definition) is 1. The summed E-state index contributed by atoms with van der Waals surface area (Å²) in [4.78, 5) is 10.5. The van der Waals surface area contributed by atoms with Gasteiger partial charge < -0.3 is 9.84 Å². The van der Waals surface area contributed by atoms with Gasteiger partial charge in [0.1, 0.15) is 5.75 Å². The van der Waals surface area contributed by atoms with Crippen LogP contribution in [0.1, 0.15) is 6.42 Å². The van der Waals surface area contributed by atoms with E-state index >= 15 is 0 Å². The normalized spacial score (nSPS) is 10.8. The number of ether oxygens (including phenoxy) is 1. The van der Waals surface area contributed by atoms with E-state index in [0.717, 1.165) is 21.9 Å². The lowest BCUT2D eigenvalue weighted by Crippen LogP contribution is -2.04. The second-order valence-corrected chi connectivity index (χ2v) is 4.67. The smallest absolute Gasteiger partial charge is 0.306 e. The standard InChI is InChI=1S/C17H14O3/c18-17(19)8-9-20-16-7-3-6-14-10-12-4-1-2-5-13(12)11-15(14)16/h1-7,10-11H,8-9H2,(H,18,19). The van der Waals surface area contributed by atoms with Crippen LogP contribution in [0.4, 0.5) is 0 Å². The van der Waals surface area contributed by atoms with E-state index in [-0.39, 0.29) is 13.0 Å². The Labute approximate surface area is 116 Å². The van der Waals surface area contributed by atoms with Crippen LogP contribution in [-0.2, 0) is 4.79 Å². The van der Waals surface area contributed by atoms with Gasteiger partial charge in [-0.1, -0.05) is 36.4 Å². The number of carboxylic acid groups (broad SMARTS) is 1. The molecule has 0 saturated heterocycles. The van der Waals surface area contributed by atoms with E-state index in [9.17, 15) is 4.79 Å². The van der Waals surface area contributed by atoms with Crippen molar-refractivity contribution in [2.75, 3.05) is 6.61 Å². The molecule has 3 heteroatoms. The summed E-state index contributed by atoms with van der Waals surface area (Å²) in [5.74, 6) is -0.120. The minimum absolute atomic E-state index is 0.00394. The summed E-state index contributed by atoms with van der Waals surface area (Å²) in [6.45, 7) is 0.182. The molecule has 3 rings (SSSR count). The molecule has 0 fully saturated rings. The molecule has 3 aromatic carbocycles. The Morgan fingerprint density at radius 2 is 1.65 bits per heavy atom. The molecule has 0 atom stereocenters. The lowest BCUT2D eigenvalue weighted by atomic mass is 10.0. The van der Waals surface area contributed by atoms with Crippen LogP contribution in [-0.4, -0.2) is 17.7 Å². The molecule has 3 aromatic rings. The molecular formula is C17H14O3. The summed E-state index contributed by atoms with van der Waals surface area (Å²) < 4.78 is 5.60. The fourth-order valence-electron chi connectivity index (χ4n) is 2.31. The van der Waals surface area contributed by atoms with Crippen LogP contribution in [0.25, 0.3) is 21.5 Å². The van der Waals surface area contributed by atoms with Gasteiger partial charge in [-0.25, -0.2) is 0 Å². The van der Waals surface area contributed by atoms with Gasteiger partial charge in [0.2, 0.25) is 0 Å². The molecule has 0 spiro atoms. The minimum Gasteiger partial charge on any atom is -0.492 e. The van der Waals surface area contributed by atoms with Gasteiger partial charge in [-0.15, -0.1) is 0 Å². The monoisotopic (exact) mass is 266 g/mol. The Morgan fingerprint density at radius 1 is 0.950 bits per heavy atom. The second kappa shape index (κ2) is 5.21. The highest BCUT2D eigenvalue weighted by Crippen LogP contribution is 2.29. The van der Waals surface area contributed by atoms with Gasteiger partial charge in [-0.2, -0.15) is 0 Å². The van der Waals surface area contributed by atoms with Gasteiger partial charge >= 0.3 is 5.97 Å². The Balaban J connectivity index is 2.03. The molecule has 0 aliphatic heterocycles. The Hall–Kier alpha value is -2.55. The SMILES string of the molecule is O=C(O)CCOc1cccc2cc3ccccc3cc12. The molecule has 0 bridgehead atoms. The average Bonchev–Trinajstić information content (AvgIpc) is 2.45. The molecule has 0 heterocycles. The zero-order valence-corrected chi connectivity index (χ0v) is 10.9. The molecule has 0 unspecified atom stereocenters. The van der Waals surface area contributed by atoms with Gasteiger partial charge in [0.05, 0.1) is 13.0 Å². The second-order valence-electron chi connectivity index (χ2n) is 4.67. The van der Waals surface area contributed by atoms with Crippen molar-refractivity contribution in [3.05, 3.63) is 54.6 Å². The molecule has 3 nitrogen and oxygen atoms in total. The Kier molecular flexibility index (Phi) is 3.25. The highest BCUT2D eigenvalue weighted by Gasteiger charge is 2.05. The predicted molar refractivity (Wildman–Crippen MR) is 79.2 cm³/mol. The van der Waals surface area contributed by atoms with Crippen LogP contribution in [0, 0.1) is 0 Å². The van der Waals surface area contributed by atoms with Gasteiger partial charge in [-0.05, 0) is 34.4 Å². The van der Waals surface area contributed by atoms with Gasteiger partial charge in [0.25, 0.3) is 0 Å². The maximum Gasteiger partial charge on any atom is 0.306 e. The van der Waals surface area contributed by atoms with E-state index in [0.29, 0.717) is 0 Å². The summed E-state index contributed by atoms with van der Waals surface area (Å²) in [5, 5.41) is 13.1. The molecular weight excluding hydrogens is 252 g/mol. The lowest BCUT2D eigenvalue weighted by molar-refractivity contribution is -0.137. The van der Waals surface area contributed by atoms with Crippen molar-refractivity contribution >= 4 is 27.5 Å². The number of carboxylic acids is 1. The molecule has 20 heavy (non-hydrogen) atoms. The Morgan fingerprint density at radius 3 is 2.40 bits per heavy atom. The number of hydrogen-bond acceptors (Lipinski definition) is 2. The Bertz CT molecular complexity index is 777. The van der Waals surface area contributed by atoms with E-state index in [1.165, 1.54) is 5.39 Å². The number of rotatable bonds is 4. The van der Waals surface area contributed by atoms with E-state index in [1.807, 2.05) is 30.3 Å². The van der Waals surface area contributed by atoms with Crippen LogP contribution in [0.15, 0.2) is 54.6 Å².